The van der Waals surface area contributed by atoms with E-state index in [2.05, 4.69) is 20.9 Å². The summed E-state index contributed by atoms with van der Waals surface area (Å²) in [5, 5.41) is 19.7. The van der Waals surface area contributed by atoms with Crippen LogP contribution in [-0.4, -0.2) is 34.6 Å². The molecule has 3 aromatic carbocycles. The van der Waals surface area contributed by atoms with Gasteiger partial charge in [0.05, 0.1) is 0 Å². The van der Waals surface area contributed by atoms with E-state index in [0.717, 1.165) is 17.2 Å². The van der Waals surface area contributed by atoms with E-state index in [0.29, 0.717) is 23.5 Å². The zero-order valence-corrected chi connectivity index (χ0v) is 19.0. The van der Waals surface area contributed by atoms with Gasteiger partial charge in [0.25, 0.3) is 16.8 Å². The molecule has 4 N–H and O–H groups in total. The summed E-state index contributed by atoms with van der Waals surface area (Å²) < 4.78 is 0. The van der Waals surface area contributed by atoms with Crippen LogP contribution in [0, 0.1) is 0 Å². The van der Waals surface area contributed by atoms with Crippen molar-refractivity contribution in [2.75, 3.05) is 22.5 Å². The average Bonchev–Trinajstić information content (AvgIpc) is 2.87. The van der Waals surface area contributed by atoms with E-state index in [1.54, 1.807) is 30.5 Å². The standard InChI is InChI=1S/C26H24N4O5/c1-2-12-27-21-22(24(32)23(21)31)30-19(26(34)35)14-15-7-9-17(10-8-15)29-25(33)20-18-6-4-3-5-16(18)11-13-28-20/h3-11,13,19,27,30H,2,12,14H2,1H3,(H,29,33)(H,34,35)/t19-/m0/s1. The number of carbonyl (C=O) groups is 2. The van der Waals surface area contributed by atoms with Gasteiger partial charge in [0.2, 0.25) is 0 Å². The first-order valence-corrected chi connectivity index (χ1v) is 11.2. The second-order valence-electron chi connectivity index (χ2n) is 8.11. The van der Waals surface area contributed by atoms with Gasteiger partial charge in [-0.15, -0.1) is 0 Å². The lowest BCUT2D eigenvalue weighted by Crippen LogP contribution is -2.42. The number of pyridine rings is 1. The Balaban J connectivity index is 1.45. The van der Waals surface area contributed by atoms with Crippen LogP contribution in [0.15, 0.2) is 70.4 Å². The number of fused-ring (bicyclic) bond motifs is 1. The van der Waals surface area contributed by atoms with Gasteiger partial charge < -0.3 is 21.1 Å². The Morgan fingerprint density at radius 2 is 1.69 bits per heavy atom. The average molecular weight is 473 g/mol. The maximum atomic E-state index is 12.8. The number of hydrogen-bond donors (Lipinski definition) is 4. The highest BCUT2D eigenvalue weighted by atomic mass is 16.4. The topological polar surface area (TPSA) is 137 Å². The lowest BCUT2D eigenvalue weighted by Gasteiger charge is -2.20. The number of aliphatic carboxylic acids is 1. The molecule has 0 spiro atoms. The molecule has 0 aliphatic carbocycles. The number of nitrogens with zero attached hydrogens (tertiary/aromatic N) is 1. The summed E-state index contributed by atoms with van der Waals surface area (Å²) in [5.74, 6) is -1.51. The van der Waals surface area contributed by atoms with Gasteiger partial charge in [0.1, 0.15) is 23.1 Å². The molecule has 9 nitrogen and oxygen atoms in total. The molecular formula is C26H24N4O5. The summed E-state index contributed by atoms with van der Waals surface area (Å²) in [5.41, 5.74) is 0.268. The summed E-state index contributed by atoms with van der Waals surface area (Å²) in [4.78, 5) is 52.5. The molecule has 0 fully saturated rings. The van der Waals surface area contributed by atoms with E-state index in [4.69, 9.17) is 0 Å². The Kier molecular flexibility index (Phi) is 6.86. The van der Waals surface area contributed by atoms with Gasteiger partial charge >= 0.3 is 5.97 Å². The number of rotatable bonds is 10. The first-order valence-electron chi connectivity index (χ1n) is 11.2. The van der Waals surface area contributed by atoms with E-state index >= 15 is 0 Å². The third-order valence-corrected chi connectivity index (χ3v) is 5.62. The lowest BCUT2D eigenvalue weighted by atomic mass is 10.0. The molecule has 1 aromatic heterocycles. The molecule has 1 amide bonds. The van der Waals surface area contributed by atoms with Crippen molar-refractivity contribution in [2.45, 2.75) is 25.8 Å². The summed E-state index contributed by atoms with van der Waals surface area (Å²) >= 11 is 0. The Morgan fingerprint density at radius 1 is 0.971 bits per heavy atom. The van der Waals surface area contributed by atoms with Crippen LogP contribution in [0.1, 0.15) is 29.4 Å². The Morgan fingerprint density at radius 3 is 2.40 bits per heavy atom. The van der Waals surface area contributed by atoms with E-state index < -0.39 is 22.9 Å². The van der Waals surface area contributed by atoms with Gasteiger partial charge in [-0.05, 0) is 35.6 Å². The molecule has 4 aromatic rings. The van der Waals surface area contributed by atoms with Gasteiger partial charge in [-0.2, -0.15) is 0 Å². The van der Waals surface area contributed by atoms with Crippen molar-refractivity contribution in [3.8, 4) is 0 Å². The molecule has 4 rings (SSSR count). The fraction of sp³-hybridized carbons (Fsp3) is 0.192. The fourth-order valence-corrected chi connectivity index (χ4v) is 3.77. The van der Waals surface area contributed by atoms with E-state index in [1.165, 1.54) is 0 Å². The van der Waals surface area contributed by atoms with Crippen molar-refractivity contribution < 1.29 is 14.7 Å². The predicted molar refractivity (Wildman–Crippen MR) is 135 cm³/mol. The van der Waals surface area contributed by atoms with Crippen molar-refractivity contribution in [1.29, 1.82) is 0 Å². The molecule has 0 unspecified atom stereocenters. The molecule has 178 valence electrons. The lowest BCUT2D eigenvalue weighted by molar-refractivity contribution is -0.137. The second-order valence-corrected chi connectivity index (χ2v) is 8.11. The zero-order valence-electron chi connectivity index (χ0n) is 19.0. The molecule has 0 aliphatic heterocycles. The molecule has 0 saturated heterocycles. The monoisotopic (exact) mass is 472 g/mol. The van der Waals surface area contributed by atoms with Crippen LogP contribution in [0.2, 0.25) is 0 Å². The largest absolute Gasteiger partial charge is 0.480 e. The zero-order chi connectivity index (χ0) is 24.9. The van der Waals surface area contributed by atoms with Gasteiger partial charge in [0, 0.05) is 30.2 Å². The van der Waals surface area contributed by atoms with Crippen LogP contribution in [0.5, 0.6) is 0 Å². The highest BCUT2D eigenvalue weighted by molar-refractivity contribution is 6.11. The van der Waals surface area contributed by atoms with Crippen LogP contribution >= 0.6 is 0 Å². The Labute approximate surface area is 200 Å². The summed E-state index contributed by atoms with van der Waals surface area (Å²) in [6.07, 6.45) is 2.40. The summed E-state index contributed by atoms with van der Waals surface area (Å²) in [6, 6.07) is 14.9. The minimum Gasteiger partial charge on any atom is -0.480 e. The molecule has 0 aliphatic rings. The van der Waals surface area contributed by atoms with E-state index in [1.807, 2.05) is 37.3 Å². The maximum absolute atomic E-state index is 12.8. The molecule has 0 radical (unpaired) electrons. The van der Waals surface area contributed by atoms with Crippen LogP contribution < -0.4 is 26.8 Å². The van der Waals surface area contributed by atoms with Gasteiger partial charge in [-0.25, -0.2) is 4.79 Å². The molecule has 1 heterocycles. The number of carboxylic acid groups (broad SMARTS) is 1. The molecule has 9 heteroatoms. The van der Waals surface area contributed by atoms with E-state index in [9.17, 15) is 24.3 Å². The quantitative estimate of drug-likeness (QED) is 0.259. The highest BCUT2D eigenvalue weighted by Gasteiger charge is 2.26. The predicted octanol–water partition coefficient (Wildman–Crippen LogP) is 3.01. The van der Waals surface area contributed by atoms with Crippen molar-refractivity contribution in [3.05, 3.63) is 92.5 Å². The number of hydrogen-bond acceptors (Lipinski definition) is 7. The molecular weight excluding hydrogens is 448 g/mol. The van der Waals surface area contributed by atoms with Crippen LogP contribution in [0.3, 0.4) is 0 Å². The smallest absolute Gasteiger partial charge is 0.326 e. The summed E-state index contributed by atoms with van der Waals surface area (Å²) in [6.45, 7) is 2.41. The second kappa shape index (κ2) is 10.2. The van der Waals surface area contributed by atoms with Gasteiger partial charge in [-0.3, -0.25) is 19.4 Å². The number of carbonyl (C=O) groups excluding carboxylic acids is 1. The van der Waals surface area contributed by atoms with Crippen molar-refractivity contribution in [2.24, 2.45) is 0 Å². The van der Waals surface area contributed by atoms with Crippen molar-refractivity contribution in [1.82, 2.24) is 4.98 Å². The molecule has 0 bridgehead atoms. The number of nitrogens with one attached hydrogen (secondary N) is 3. The maximum Gasteiger partial charge on any atom is 0.326 e. The van der Waals surface area contributed by atoms with Crippen LogP contribution in [0.4, 0.5) is 17.1 Å². The first kappa shape index (κ1) is 23.6. The van der Waals surface area contributed by atoms with Gasteiger partial charge in [0.15, 0.2) is 0 Å². The Hall–Kier alpha value is -4.53. The Bertz CT molecular complexity index is 1450. The minimum atomic E-state index is -1.15. The highest BCUT2D eigenvalue weighted by Crippen LogP contribution is 2.20. The molecule has 35 heavy (non-hydrogen) atoms. The number of amides is 1. The minimum absolute atomic E-state index is 0.00215. The molecule has 1 atom stereocenters. The first-order chi connectivity index (χ1) is 16.9. The molecule has 0 saturated carbocycles. The van der Waals surface area contributed by atoms with Gasteiger partial charge in [-0.1, -0.05) is 43.3 Å². The van der Waals surface area contributed by atoms with Crippen molar-refractivity contribution >= 4 is 39.7 Å². The summed E-state index contributed by atoms with van der Waals surface area (Å²) in [7, 11) is 0. The van der Waals surface area contributed by atoms with Crippen molar-refractivity contribution in [3.63, 3.8) is 0 Å². The number of aromatic nitrogens is 1. The van der Waals surface area contributed by atoms with Crippen LogP contribution in [-0.2, 0) is 11.2 Å². The third-order valence-electron chi connectivity index (χ3n) is 5.62. The number of benzene rings is 2. The van der Waals surface area contributed by atoms with E-state index in [-0.39, 0.29) is 23.7 Å². The normalized spacial score (nSPS) is 11.8. The third kappa shape index (κ3) is 5.03. The number of anilines is 3. The number of carboxylic acids is 1. The van der Waals surface area contributed by atoms with Crippen LogP contribution in [0.25, 0.3) is 10.8 Å². The fourth-order valence-electron chi connectivity index (χ4n) is 3.77. The SMILES string of the molecule is CCCNc1c(N[C@@H](Cc2ccc(NC(=O)c3nccc4ccccc34)cc2)C(=O)O)c(=O)c1=O.